The SMILES string of the molecule is CCCCC(C)CCC(C)C[Si]Oc1cncc(-c2ccc(OCCCCCCC3CC3)nc2)n1. The van der Waals surface area contributed by atoms with Crippen LogP contribution in [0.25, 0.3) is 11.3 Å². The van der Waals surface area contributed by atoms with Crippen molar-refractivity contribution in [2.45, 2.75) is 104 Å². The van der Waals surface area contributed by atoms with E-state index in [1.165, 1.54) is 70.6 Å². The summed E-state index contributed by atoms with van der Waals surface area (Å²) >= 11 is 0. The minimum Gasteiger partial charge on any atom is -0.527 e. The highest BCUT2D eigenvalue weighted by molar-refractivity contribution is 6.28. The molecule has 2 aromatic heterocycles. The first-order valence-electron chi connectivity index (χ1n) is 13.9. The van der Waals surface area contributed by atoms with Gasteiger partial charge in [-0.15, -0.1) is 0 Å². The maximum Gasteiger partial charge on any atom is 0.313 e. The molecule has 2 atom stereocenters. The van der Waals surface area contributed by atoms with Crippen LogP contribution in [0.4, 0.5) is 0 Å². The molecule has 0 N–H and O–H groups in total. The van der Waals surface area contributed by atoms with Crippen molar-refractivity contribution in [2.75, 3.05) is 6.61 Å². The molecule has 2 heterocycles. The Morgan fingerprint density at radius 1 is 0.914 bits per heavy atom. The molecule has 2 aromatic rings. The molecule has 6 heteroatoms. The van der Waals surface area contributed by atoms with Crippen molar-refractivity contribution in [3.05, 3.63) is 30.7 Å². The van der Waals surface area contributed by atoms with E-state index >= 15 is 0 Å². The Hall–Kier alpha value is -1.95. The highest BCUT2D eigenvalue weighted by Crippen LogP contribution is 2.34. The fraction of sp³-hybridized carbons (Fsp3) is 0.690. The summed E-state index contributed by atoms with van der Waals surface area (Å²) in [5, 5.41) is 0. The molecule has 35 heavy (non-hydrogen) atoms. The molecular weight excluding hydrogens is 450 g/mol. The number of pyridine rings is 1. The molecule has 1 fully saturated rings. The van der Waals surface area contributed by atoms with E-state index in [4.69, 9.17) is 9.16 Å². The van der Waals surface area contributed by atoms with E-state index in [0.29, 0.717) is 27.4 Å². The highest BCUT2D eigenvalue weighted by atomic mass is 28.2. The van der Waals surface area contributed by atoms with Crippen LogP contribution in [0.1, 0.15) is 97.8 Å². The van der Waals surface area contributed by atoms with Crippen molar-refractivity contribution in [3.8, 4) is 23.0 Å². The second-order valence-corrected chi connectivity index (χ2v) is 11.4. The van der Waals surface area contributed by atoms with Gasteiger partial charge >= 0.3 is 9.76 Å². The first-order chi connectivity index (χ1) is 17.1. The maximum atomic E-state index is 5.95. The van der Waals surface area contributed by atoms with Crippen LogP contribution in [0.2, 0.25) is 6.04 Å². The predicted molar refractivity (Wildman–Crippen MR) is 145 cm³/mol. The predicted octanol–water partition coefficient (Wildman–Crippen LogP) is 7.94. The van der Waals surface area contributed by atoms with E-state index in [2.05, 4.69) is 35.7 Å². The molecule has 0 aliphatic heterocycles. The number of hydrogen-bond donors (Lipinski definition) is 0. The molecule has 1 aliphatic carbocycles. The summed E-state index contributed by atoms with van der Waals surface area (Å²) < 4.78 is 11.8. The number of aromatic nitrogens is 3. The van der Waals surface area contributed by atoms with Gasteiger partial charge in [-0.3, -0.25) is 4.98 Å². The monoisotopic (exact) mass is 495 g/mol. The van der Waals surface area contributed by atoms with Gasteiger partial charge in [0.25, 0.3) is 0 Å². The molecule has 0 bridgehead atoms. The molecule has 1 aliphatic rings. The lowest BCUT2D eigenvalue weighted by molar-refractivity contribution is 0.293. The lowest BCUT2D eigenvalue weighted by Crippen LogP contribution is -2.09. The van der Waals surface area contributed by atoms with Crippen LogP contribution in [0.3, 0.4) is 0 Å². The number of ether oxygens (including phenoxy) is 1. The molecular formula is C29H45N3O2Si. The van der Waals surface area contributed by atoms with Crippen molar-refractivity contribution in [3.63, 3.8) is 0 Å². The summed E-state index contributed by atoms with van der Waals surface area (Å²) in [5.41, 5.74) is 1.70. The van der Waals surface area contributed by atoms with Crippen LogP contribution in [-0.2, 0) is 0 Å². The third-order valence-corrected chi connectivity index (χ3v) is 8.13. The molecule has 5 nitrogen and oxygen atoms in total. The minimum atomic E-state index is 0.409. The largest absolute Gasteiger partial charge is 0.527 e. The fourth-order valence-corrected chi connectivity index (χ4v) is 5.07. The molecule has 0 aromatic carbocycles. The Balaban J connectivity index is 1.33. The third-order valence-electron chi connectivity index (χ3n) is 6.91. The number of hydrogen-bond acceptors (Lipinski definition) is 5. The van der Waals surface area contributed by atoms with Gasteiger partial charge < -0.3 is 9.16 Å². The number of nitrogens with zero attached hydrogens (tertiary/aromatic N) is 3. The molecule has 0 amide bonds. The van der Waals surface area contributed by atoms with E-state index < -0.39 is 0 Å². The van der Waals surface area contributed by atoms with Crippen LogP contribution >= 0.6 is 0 Å². The maximum absolute atomic E-state index is 5.95. The van der Waals surface area contributed by atoms with Crippen molar-refractivity contribution < 1.29 is 9.16 Å². The van der Waals surface area contributed by atoms with Gasteiger partial charge in [0, 0.05) is 17.8 Å². The number of unbranched alkanes of at least 4 members (excludes halogenated alkanes) is 4. The summed E-state index contributed by atoms with van der Waals surface area (Å²) in [7, 11) is 0.409. The van der Waals surface area contributed by atoms with Gasteiger partial charge in [0.1, 0.15) is 0 Å². The Morgan fingerprint density at radius 3 is 2.51 bits per heavy atom. The van der Waals surface area contributed by atoms with Crippen molar-refractivity contribution in [1.29, 1.82) is 0 Å². The topological polar surface area (TPSA) is 57.1 Å². The van der Waals surface area contributed by atoms with E-state index in [0.717, 1.165) is 42.2 Å². The van der Waals surface area contributed by atoms with Crippen molar-refractivity contribution in [2.24, 2.45) is 17.8 Å². The quantitative estimate of drug-likeness (QED) is 0.146. The molecule has 192 valence electrons. The van der Waals surface area contributed by atoms with Gasteiger partial charge in [-0.1, -0.05) is 91.4 Å². The van der Waals surface area contributed by atoms with Crippen LogP contribution in [0.15, 0.2) is 30.7 Å². The smallest absolute Gasteiger partial charge is 0.313 e. The average Bonchev–Trinajstić information content (AvgIpc) is 3.71. The van der Waals surface area contributed by atoms with Gasteiger partial charge in [0.15, 0.2) is 0 Å². The first kappa shape index (κ1) is 27.6. The minimum absolute atomic E-state index is 0.409. The molecule has 0 saturated heterocycles. The summed E-state index contributed by atoms with van der Waals surface area (Å²) in [4.78, 5) is 13.4. The van der Waals surface area contributed by atoms with Crippen LogP contribution in [0, 0.1) is 17.8 Å². The van der Waals surface area contributed by atoms with E-state index in [1.807, 2.05) is 18.3 Å². The molecule has 3 rings (SSSR count). The van der Waals surface area contributed by atoms with E-state index in [9.17, 15) is 0 Å². The Morgan fingerprint density at radius 2 is 1.74 bits per heavy atom. The summed E-state index contributed by atoms with van der Waals surface area (Å²) in [5.74, 6) is 3.82. The van der Waals surface area contributed by atoms with Crippen LogP contribution < -0.4 is 9.16 Å². The Bertz CT molecular complexity index is 829. The summed E-state index contributed by atoms with van der Waals surface area (Å²) in [6.45, 7) is 7.71. The van der Waals surface area contributed by atoms with Gasteiger partial charge in [-0.25, -0.2) is 9.97 Å². The van der Waals surface area contributed by atoms with E-state index in [1.54, 1.807) is 12.4 Å². The van der Waals surface area contributed by atoms with E-state index in [-0.39, 0.29) is 0 Å². The van der Waals surface area contributed by atoms with Crippen LogP contribution in [0.5, 0.6) is 11.8 Å². The van der Waals surface area contributed by atoms with Gasteiger partial charge in [-0.2, -0.15) is 0 Å². The summed E-state index contributed by atoms with van der Waals surface area (Å²) in [6.07, 6.45) is 21.2. The lowest BCUT2D eigenvalue weighted by Gasteiger charge is -2.15. The first-order valence-corrected chi connectivity index (χ1v) is 15.1. The second-order valence-electron chi connectivity index (χ2n) is 10.5. The Labute approximate surface area is 215 Å². The fourth-order valence-electron chi connectivity index (χ4n) is 4.25. The molecule has 2 radical (unpaired) electrons. The highest BCUT2D eigenvalue weighted by Gasteiger charge is 2.19. The zero-order chi connectivity index (χ0) is 24.7. The Kier molecular flexibility index (Phi) is 12.6. The molecule has 1 saturated carbocycles. The average molecular weight is 496 g/mol. The number of rotatable bonds is 19. The van der Waals surface area contributed by atoms with Gasteiger partial charge in [0.2, 0.25) is 11.8 Å². The van der Waals surface area contributed by atoms with Crippen molar-refractivity contribution >= 4 is 9.76 Å². The van der Waals surface area contributed by atoms with Gasteiger partial charge in [0.05, 0.1) is 24.7 Å². The second kappa shape index (κ2) is 15.9. The van der Waals surface area contributed by atoms with Crippen LogP contribution in [-0.4, -0.2) is 31.3 Å². The third kappa shape index (κ3) is 11.6. The van der Waals surface area contributed by atoms with Crippen molar-refractivity contribution in [1.82, 2.24) is 15.0 Å². The lowest BCUT2D eigenvalue weighted by atomic mass is 9.95. The zero-order valence-electron chi connectivity index (χ0n) is 22.2. The standard InChI is InChI=1S/C29H45N3O2Si/c1-4-5-10-23(2)12-13-24(3)22-35-34-29-21-30-20-27(32-29)26-16-17-28(31-19-26)33-18-9-7-6-8-11-25-14-15-25/h16-17,19-21,23-25H,4-15,18,22H2,1-3H3. The zero-order valence-corrected chi connectivity index (χ0v) is 23.2. The molecule has 2 unspecified atom stereocenters. The summed E-state index contributed by atoms with van der Waals surface area (Å²) in [6, 6.07) is 4.99. The normalized spacial score (nSPS) is 15.1. The molecule has 0 spiro atoms. The van der Waals surface area contributed by atoms with Gasteiger partial charge in [-0.05, 0) is 36.3 Å².